The molecule has 1 rings (SSSR count). The molecule has 14 heavy (non-hydrogen) atoms. The maximum Gasteiger partial charge on any atom is 0.319 e. The molecule has 0 saturated heterocycles. The number of methoxy groups -OCH3 is 1. The van der Waals surface area contributed by atoms with E-state index in [1.807, 2.05) is 0 Å². The van der Waals surface area contributed by atoms with Crippen LogP contribution in [0, 0.1) is 0 Å². The molecule has 1 atom stereocenters. The number of thioether (sulfide) groups is 1. The fourth-order valence-electron chi connectivity index (χ4n) is 0.755. The molecular formula is C6H10N4O3S. The molecule has 0 spiro atoms. The molecule has 1 aromatic rings. The van der Waals surface area contributed by atoms with E-state index in [4.69, 9.17) is 9.84 Å². The second kappa shape index (κ2) is 4.91. The maximum absolute atomic E-state index is 10.7. The van der Waals surface area contributed by atoms with E-state index < -0.39 is 11.2 Å². The van der Waals surface area contributed by atoms with Gasteiger partial charge in [0, 0.05) is 14.2 Å². The molecule has 0 aliphatic rings. The number of ether oxygens (including phenoxy) is 1. The number of aryl methyl sites for hydroxylation is 1. The van der Waals surface area contributed by atoms with E-state index in [1.54, 1.807) is 7.05 Å². The first kappa shape index (κ1) is 10.9. The zero-order valence-electron chi connectivity index (χ0n) is 7.75. The van der Waals surface area contributed by atoms with Gasteiger partial charge < -0.3 is 9.84 Å². The lowest BCUT2D eigenvalue weighted by atomic mass is 10.5. The van der Waals surface area contributed by atoms with Crippen LogP contribution < -0.4 is 0 Å². The van der Waals surface area contributed by atoms with Crippen molar-refractivity contribution in [2.75, 3.05) is 13.7 Å². The van der Waals surface area contributed by atoms with Gasteiger partial charge in [0.25, 0.3) is 0 Å². The predicted octanol–water partition coefficient (Wildman–Crippen LogP) is -0.598. The molecule has 0 bridgehead atoms. The molecule has 0 aliphatic heterocycles. The summed E-state index contributed by atoms with van der Waals surface area (Å²) in [6.45, 7) is 0.118. The minimum Gasteiger partial charge on any atom is -0.480 e. The van der Waals surface area contributed by atoms with Crippen LogP contribution in [0.25, 0.3) is 0 Å². The van der Waals surface area contributed by atoms with Crippen LogP contribution in [0.1, 0.15) is 0 Å². The number of rotatable bonds is 5. The van der Waals surface area contributed by atoms with Crippen molar-refractivity contribution in [3.8, 4) is 0 Å². The van der Waals surface area contributed by atoms with E-state index in [0.29, 0.717) is 5.16 Å². The fourth-order valence-corrected chi connectivity index (χ4v) is 1.59. The first-order chi connectivity index (χ1) is 6.65. The zero-order chi connectivity index (χ0) is 10.6. The summed E-state index contributed by atoms with van der Waals surface area (Å²) >= 11 is 1.06. The van der Waals surface area contributed by atoms with Gasteiger partial charge in [0.1, 0.15) is 5.25 Å². The summed E-state index contributed by atoms with van der Waals surface area (Å²) in [7, 11) is 3.10. The molecule has 7 nitrogen and oxygen atoms in total. The van der Waals surface area contributed by atoms with E-state index in [-0.39, 0.29) is 6.61 Å². The molecule has 0 aliphatic carbocycles. The van der Waals surface area contributed by atoms with Gasteiger partial charge >= 0.3 is 5.97 Å². The number of carboxylic acid groups (broad SMARTS) is 1. The lowest BCUT2D eigenvalue weighted by Gasteiger charge is -2.08. The van der Waals surface area contributed by atoms with Gasteiger partial charge in [-0.05, 0) is 10.4 Å². The third kappa shape index (κ3) is 2.67. The Balaban J connectivity index is 2.64. The number of hydrogen-bond donors (Lipinski definition) is 1. The van der Waals surface area contributed by atoms with Gasteiger partial charge in [-0.2, -0.15) is 0 Å². The van der Waals surface area contributed by atoms with Crippen molar-refractivity contribution in [3.63, 3.8) is 0 Å². The average molecular weight is 218 g/mol. The summed E-state index contributed by atoms with van der Waals surface area (Å²) in [6, 6.07) is 0. The van der Waals surface area contributed by atoms with Crippen molar-refractivity contribution in [3.05, 3.63) is 0 Å². The first-order valence-electron chi connectivity index (χ1n) is 3.76. The van der Waals surface area contributed by atoms with Crippen LogP contribution in [0.5, 0.6) is 0 Å². The molecule has 1 aromatic heterocycles. The minimum absolute atomic E-state index is 0.118. The Hall–Kier alpha value is -1.15. The zero-order valence-corrected chi connectivity index (χ0v) is 8.56. The van der Waals surface area contributed by atoms with Gasteiger partial charge in [-0.15, -0.1) is 5.10 Å². The van der Waals surface area contributed by atoms with E-state index in [1.165, 1.54) is 11.8 Å². The quantitative estimate of drug-likeness (QED) is 0.660. The third-order valence-electron chi connectivity index (χ3n) is 1.42. The van der Waals surface area contributed by atoms with Gasteiger partial charge in [-0.1, -0.05) is 11.8 Å². The summed E-state index contributed by atoms with van der Waals surface area (Å²) < 4.78 is 6.19. The van der Waals surface area contributed by atoms with Crippen LogP contribution in [-0.2, 0) is 16.6 Å². The highest BCUT2D eigenvalue weighted by Gasteiger charge is 2.21. The minimum atomic E-state index is -0.945. The molecule has 1 unspecified atom stereocenters. The summed E-state index contributed by atoms with van der Waals surface area (Å²) in [6.07, 6.45) is 0. The Kier molecular flexibility index (Phi) is 3.84. The number of carbonyl (C=O) groups is 1. The monoisotopic (exact) mass is 218 g/mol. The normalized spacial score (nSPS) is 12.7. The van der Waals surface area contributed by atoms with Gasteiger partial charge in [-0.25, -0.2) is 4.68 Å². The summed E-state index contributed by atoms with van der Waals surface area (Å²) in [5, 5.41) is 19.2. The standard InChI is InChI=1S/C6H10N4O3S/c1-10-6(7-8-9-10)14-4(3-13-2)5(11)12/h4H,3H2,1-2H3,(H,11,12). The molecule has 1 heterocycles. The molecule has 0 saturated carbocycles. The molecule has 0 amide bonds. The van der Waals surface area contributed by atoms with Crippen molar-refractivity contribution in [2.24, 2.45) is 7.05 Å². The fraction of sp³-hybridized carbons (Fsp3) is 0.667. The number of hydrogen-bond acceptors (Lipinski definition) is 6. The second-order valence-corrected chi connectivity index (χ2v) is 3.66. The van der Waals surface area contributed by atoms with Crippen molar-refractivity contribution in [1.82, 2.24) is 20.2 Å². The Morgan fingerprint density at radius 2 is 2.50 bits per heavy atom. The van der Waals surface area contributed by atoms with E-state index in [2.05, 4.69) is 15.5 Å². The first-order valence-corrected chi connectivity index (χ1v) is 4.64. The van der Waals surface area contributed by atoms with Crippen LogP contribution in [0.2, 0.25) is 0 Å². The molecule has 78 valence electrons. The Bertz CT molecular complexity index is 316. The molecule has 1 N–H and O–H groups in total. The van der Waals surface area contributed by atoms with Crippen LogP contribution >= 0.6 is 11.8 Å². The Morgan fingerprint density at radius 1 is 1.79 bits per heavy atom. The largest absolute Gasteiger partial charge is 0.480 e. The third-order valence-corrected chi connectivity index (χ3v) is 2.60. The van der Waals surface area contributed by atoms with Gasteiger partial charge in [0.2, 0.25) is 5.16 Å². The van der Waals surface area contributed by atoms with Gasteiger partial charge in [0.05, 0.1) is 6.61 Å². The highest BCUT2D eigenvalue weighted by molar-refractivity contribution is 8.00. The van der Waals surface area contributed by atoms with Crippen LogP contribution in [0.4, 0.5) is 0 Å². The number of nitrogens with zero attached hydrogens (tertiary/aromatic N) is 4. The van der Waals surface area contributed by atoms with Crippen molar-refractivity contribution < 1.29 is 14.6 Å². The second-order valence-electron chi connectivity index (χ2n) is 2.49. The highest BCUT2D eigenvalue weighted by atomic mass is 32.2. The van der Waals surface area contributed by atoms with Crippen molar-refractivity contribution in [1.29, 1.82) is 0 Å². The summed E-state index contributed by atoms with van der Waals surface area (Å²) in [4.78, 5) is 10.7. The van der Waals surface area contributed by atoms with Crippen LogP contribution in [-0.4, -0.2) is 50.2 Å². The topological polar surface area (TPSA) is 90.1 Å². The van der Waals surface area contributed by atoms with E-state index in [9.17, 15) is 4.79 Å². The number of carboxylic acids is 1. The molecule has 0 radical (unpaired) electrons. The summed E-state index contributed by atoms with van der Waals surface area (Å²) in [5.74, 6) is -0.945. The smallest absolute Gasteiger partial charge is 0.319 e. The predicted molar refractivity (Wildman–Crippen MR) is 48.0 cm³/mol. The molecule has 0 fully saturated rings. The average Bonchev–Trinajstić information content (AvgIpc) is 2.51. The van der Waals surface area contributed by atoms with Gasteiger partial charge in [-0.3, -0.25) is 4.79 Å². The van der Waals surface area contributed by atoms with E-state index >= 15 is 0 Å². The molecule has 8 heteroatoms. The van der Waals surface area contributed by atoms with Gasteiger partial charge in [0.15, 0.2) is 0 Å². The van der Waals surface area contributed by atoms with Crippen molar-refractivity contribution in [2.45, 2.75) is 10.4 Å². The SMILES string of the molecule is COCC(Sc1nnnn1C)C(=O)O. The lowest BCUT2D eigenvalue weighted by molar-refractivity contribution is -0.137. The number of aromatic nitrogens is 4. The Labute approximate surface area is 84.4 Å². The summed E-state index contributed by atoms with van der Waals surface area (Å²) in [5.41, 5.74) is 0. The number of aliphatic carboxylic acids is 1. The molecular weight excluding hydrogens is 208 g/mol. The number of tetrazole rings is 1. The lowest BCUT2D eigenvalue weighted by Crippen LogP contribution is -2.22. The molecule has 0 aromatic carbocycles. The Morgan fingerprint density at radius 3 is 2.93 bits per heavy atom. The van der Waals surface area contributed by atoms with Crippen LogP contribution in [0.15, 0.2) is 5.16 Å². The van der Waals surface area contributed by atoms with Crippen LogP contribution in [0.3, 0.4) is 0 Å². The maximum atomic E-state index is 10.7. The van der Waals surface area contributed by atoms with Crippen molar-refractivity contribution >= 4 is 17.7 Å². The highest BCUT2D eigenvalue weighted by Crippen LogP contribution is 2.19. The van der Waals surface area contributed by atoms with E-state index in [0.717, 1.165) is 11.8 Å².